The molecule has 1 aliphatic carbocycles. The molecule has 1 fully saturated rings. The summed E-state index contributed by atoms with van der Waals surface area (Å²) in [5, 5.41) is 4.08. The topological polar surface area (TPSA) is 59.5 Å². The molecule has 1 aromatic carbocycles. The van der Waals surface area contributed by atoms with Crippen LogP contribution in [-0.4, -0.2) is 22.0 Å². The van der Waals surface area contributed by atoms with Gasteiger partial charge in [0, 0.05) is 17.7 Å². The van der Waals surface area contributed by atoms with Gasteiger partial charge < -0.3 is 13.8 Å². The summed E-state index contributed by atoms with van der Waals surface area (Å²) < 4.78 is 10.9. The molecule has 128 valence electrons. The van der Waals surface area contributed by atoms with Crippen LogP contribution in [0.15, 0.2) is 57.7 Å². The Bertz CT molecular complexity index is 861. The van der Waals surface area contributed by atoms with Crippen molar-refractivity contribution in [2.24, 2.45) is 0 Å². The first-order chi connectivity index (χ1) is 12.1. The van der Waals surface area contributed by atoms with E-state index in [1.807, 2.05) is 55.1 Å². The number of hydrogen-bond acceptors (Lipinski definition) is 4. The smallest absolute Gasteiger partial charge is 0.293 e. The highest BCUT2D eigenvalue weighted by atomic mass is 16.5. The summed E-state index contributed by atoms with van der Waals surface area (Å²) >= 11 is 0. The summed E-state index contributed by atoms with van der Waals surface area (Å²) in [6.07, 6.45) is 3.65. The van der Waals surface area contributed by atoms with Crippen LogP contribution in [0.2, 0.25) is 0 Å². The van der Waals surface area contributed by atoms with Crippen molar-refractivity contribution in [3.63, 3.8) is 0 Å². The maximum absolute atomic E-state index is 13.0. The highest BCUT2D eigenvalue weighted by Gasteiger charge is 2.39. The first-order valence-electron chi connectivity index (χ1n) is 8.53. The monoisotopic (exact) mass is 336 g/mol. The Kier molecular flexibility index (Phi) is 3.92. The van der Waals surface area contributed by atoms with Crippen LogP contribution in [0.1, 0.15) is 47.7 Å². The standard InChI is InChI=1S/C20H20N2O3/c1-13-5-7-15(8-6-13)17-12-19(25-21-17)20(23)22(16-9-10-16)14(2)18-4-3-11-24-18/h3-8,11-12,14,16H,9-10H2,1-2H3/t14-/m0/s1. The highest BCUT2D eigenvalue weighted by Crippen LogP contribution is 2.36. The SMILES string of the molecule is Cc1ccc(-c2cc(C(=O)N(C3CC3)[C@@H](C)c3ccco3)on2)cc1. The molecule has 1 aliphatic rings. The number of nitrogens with zero attached hydrogens (tertiary/aromatic N) is 2. The number of furan rings is 1. The second-order valence-corrected chi connectivity index (χ2v) is 6.58. The molecule has 1 atom stereocenters. The van der Waals surface area contributed by atoms with Gasteiger partial charge in [0.2, 0.25) is 5.76 Å². The molecular formula is C20H20N2O3. The van der Waals surface area contributed by atoms with Gasteiger partial charge in [0.05, 0.1) is 12.3 Å². The van der Waals surface area contributed by atoms with Gasteiger partial charge in [-0.05, 0) is 38.8 Å². The molecule has 5 nitrogen and oxygen atoms in total. The maximum atomic E-state index is 13.0. The van der Waals surface area contributed by atoms with Crippen molar-refractivity contribution in [3.8, 4) is 11.3 Å². The van der Waals surface area contributed by atoms with Crippen LogP contribution in [0.3, 0.4) is 0 Å². The quantitative estimate of drug-likeness (QED) is 0.683. The number of aryl methyl sites for hydroxylation is 1. The first kappa shape index (κ1) is 15.7. The number of hydrogen-bond donors (Lipinski definition) is 0. The summed E-state index contributed by atoms with van der Waals surface area (Å²) in [4.78, 5) is 14.9. The zero-order valence-corrected chi connectivity index (χ0v) is 14.3. The summed E-state index contributed by atoms with van der Waals surface area (Å²) in [6.45, 7) is 4.01. The highest BCUT2D eigenvalue weighted by molar-refractivity contribution is 5.93. The molecular weight excluding hydrogens is 316 g/mol. The van der Waals surface area contributed by atoms with E-state index in [-0.39, 0.29) is 23.8 Å². The third-order valence-electron chi connectivity index (χ3n) is 4.62. The van der Waals surface area contributed by atoms with Crippen LogP contribution in [0, 0.1) is 6.92 Å². The summed E-state index contributed by atoms with van der Waals surface area (Å²) in [5.41, 5.74) is 2.78. The van der Waals surface area contributed by atoms with E-state index < -0.39 is 0 Å². The predicted molar refractivity (Wildman–Crippen MR) is 93.0 cm³/mol. The van der Waals surface area contributed by atoms with Gasteiger partial charge in [-0.25, -0.2) is 0 Å². The average Bonchev–Trinajstić information content (AvgIpc) is 3.12. The van der Waals surface area contributed by atoms with Crippen molar-refractivity contribution in [2.75, 3.05) is 0 Å². The lowest BCUT2D eigenvalue weighted by Crippen LogP contribution is -2.35. The van der Waals surface area contributed by atoms with E-state index in [0.717, 1.165) is 24.2 Å². The molecule has 0 unspecified atom stereocenters. The molecule has 0 radical (unpaired) electrons. The number of carbonyl (C=O) groups is 1. The van der Waals surface area contributed by atoms with Crippen LogP contribution < -0.4 is 0 Å². The minimum absolute atomic E-state index is 0.136. The molecule has 0 spiro atoms. The molecule has 0 N–H and O–H groups in total. The molecule has 0 saturated heterocycles. The van der Waals surface area contributed by atoms with E-state index in [0.29, 0.717) is 5.69 Å². The minimum atomic E-state index is -0.141. The Hall–Kier alpha value is -2.82. The summed E-state index contributed by atoms with van der Waals surface area (Å²) in [6, 6.07) is 13.5. The van der Waals surface area contributed by atoms with Gasteiger partial charge in [0.15, 0.2) is 0 Å². The van der Waals surface area contributed by atoms with E-state index in [2.05, 4.69) is 5.16 Å². The second-order valence-electron chi connectivity index (χ2n) is 6.58. The van der Waals surface area contributed by atoms with Crippen molar-refractivity contribution < 1.29 is 13.7 Å². The fraction of sp³-hybridized carbons (Fsp3) is 0.300. The minimum Gasteiger partial charge on any atom is -0.467 e. The van der Waals surface area contributed by atoms with Crippen LogP contribution in [0.4, 0.5) is 0 Å². The van der Waals surface area contributed by atoms with E-state index in [1.165, 1.54) is 5.56 Å². The van der Waals surface area contributed by atoms with E-state index in [9.17, 15) is 4.79 Å². The molecule has 2 aromatic heterocycles. The molecule has 0 aliphatic heterocycles. The largest absolute Gasteiger partial charge is 0.467 e. The molecule has 0 bridgehead atoms. The zero-order valence-electron chi connectivity index (χ0n) is 14.3. The van der Waals surface area contributed by atoms with Crippen molar-refractivity contribution in [1.29, 1.82) is 0 Å². The Morgan fingerprint density at radius 3 is 2.64 bits per heavy atom. The maximum Gasteiger partial charge on any atom is 0.293 e. The predicted octanol–water partition coefficient (Wildman–Crippen LogP) is 4.61. The molecule has 1 saturated carbocycles. The number of aromatic nitrogens is 1. The lowest BCUT2D eigenvalue weighted by molar-refractivity contribution is 0.0610. The molecule has 2 heterocycles. The lowest BCUT2D eigenvalue weighted by atomic mass is 10.1. The lowest BCUT2D eigenvalue weighted by Gasteiger charge is -2.26. The molecule has 3 aromatic rings. The molecule has 1 amide bonds. The molecule has 25 heavy (non-hydrogen) atoms. The Labute approximate surface area is 146 Å². The van der Waals surface area contributed by atoms with Gasteiger partial charge in [0.1, 0.15) is 11.5 Å². The Balaban J connectivity index is 1.60. The van der Waals surface area contributed by atoms with Crippen molar-refractivity contribution in [1.82, 2.24) is 10.1 Å². The number of amides is 1. The van der Waals surface area contributed by atoms with Gasteiger partial charge >= 0.3 is 0 Å². The molecule has 5 heteroatoms. The van der Waals surface area contributed by atoms with Crippen LogP contribution in [0.25, 0.3) is 11.3 Å². The average molecular weight is 336 g/mol. The normalized spacial score (nSPS) is 15.1. The van der Waals surface area contributed by atoms with Gasteiger partial charge in [-0.1, -0.05) is 35.0 Å². The second kappa shape index (κ2) is 6.24. The van der Waals surface area contributed by atoms with Gasteiger partial charge in [-0.3, -0.25) is 4.79 Å². The zero-order chi connectivity index (χ0) is 17.4. The van der Waals surface area contributed by atoms with Crippen LogP contribution in [0.5, 0.6) is 0 Å². The van der Waals surface area contributed by atoms with E-state index >= 15 is 0 Å². The van der Waals surface area contributed by atoms with Crippen LogP contribution in [-0.2, 0) is 0 Å². The van der Waals surface area contributed by atoms with Gasteiger partial charge in [0.25, 0.3) is 5.91 Å². The molecule has 4 rings (SSSR count). The Morgan fingerprint density at radius 1 is 1.24 bits per heavy atom. The Morgan fingerprint density at radius 2 is 2.00 bits per heavy atom. The third-order valence-corrected chi connectivity index (χ3v) is 4.62. The summed E-state index contributed by atoms with van der Waals surface area (Å²) in [7, 11) is 0. The fourth-order valence-electron chi connectivity index (χ4n) is 3.04. The van der Waals surface area contributed by atoms with Gasteiger partial charge in [-0.15, -0.1) is 0 Å². The van der Waals surface area contributed by atoms with Crippen molar-refractivity contribution >= 4 is 5.91 Å². The number of carbonyl (C=O) groups excluding carboxylic acids is 1. The van der Waals surface area contributed by atoms with Crippen LogP contribution >= 0.6 is 0 Å². The van der Waals surface area contributed by atoms with E-state index in [4.69, 9.17) is 8.94 Å². The van der Waals surface area contributed by atoms with Crippen molar-refractivity contribution in [2.45, 2.75) is 38.8 Å². The van der Waals surface area contributed by atoms with Gasteiger partial charge in [-0.2, -0.15) is 0 Å². The first-order valence-corrected chi connectivity index (χ1v) is 8.53. The third kappa shape index (κ3) is 3.09. The number of benzene rings is 1. The summed E-state index contributed by atoms with van der Waals surface area (Å²) in [5.74, 6) is 0.900. The number of rotatable bonds is 5. The van der Waals surface area contributed by atoms with E-state index in [1.54, 1.807) is 12.3 Å². The van der Waals surface area contributed by atoms with Crippen molar-refractivity contribution in [3.05, 3.63) is 65.8 Å². The fourth-order valence-corrected chi connectivity index (χ4v) is 3.04.